The van der Waals surface area contributed by atoms with Gasteiger partial charge in [-0.25, -0.2) is 0 Å². The number of nitrogens with one attached hydrogen (secondary N) is 1. The zero-order valence-corrected chi connectivity index (χ0v) is 15.3. The molecule has 134 valence electrons. The molecule has 1 aliphatic rings. The van der Waals surface area contributed by atoms with Crippen LogP contribution in [0.3, 0.4) is 0 Å². The van der Waals surface area contributed by atoms with Crippen LogP contribution < -0.4 is 10.1 Å². The molecule has 0 aliphatic heterocycles. The number of rotatable bonds is 8. The molecule has 1 aliphatic carbocycles. The molecule has 0 aromatic heterocycles. The van der Waals surface area contributed by atoms with Gasteiger partial charge in [-0.2, -0.15) is 0 Å². The molecule has 1 fully saturated rings. The molecule has 2 aromatic rings. The molecule has 2 aromatic carbocycles. The van der Waals surface area contributed by atoms with E-state index in [0.717, 1.165) is 41.5 Å². The highest BCUT2D eigenvalue weighted by molar-refractivity contribution is 6.06. The van der Waals surface area contributed by atoms with Crippen LogP contribution in [0.2, 0.25) is 0 Å². The summed E-state index contributed by atoms with van der Waals surface area (Å²) in [6.07, 6.45) is 3.01. The van der Waals surface area contributed by atoms with Gasteiger partial charge in [0.05, 0.1) is 6.61 Å². The minimum atomic E-state index is -0.754. The smallest absolute Gasteiger partial charge is 0.256 e. The lowest BCUT2D eigenvalue weighted by Crippen LogP contribution is -2.45. The monoisotopic (exact) mass is 341 g/mol. The van der Waals surface area contributed by atoms with Crippen molar-refractivity contribution in [3.05, 3.63) is 36.4 Å². The predicted molar refractivity (Wildman–Crippen MR) is 101 cm³/mol. The van der Waals surface area contributed by atoms with E-state index in [4.69, 9.17) is 9.47 Å². The van der Waals surface area contributed by atoms with Crippen LogP contribution in [0.15, 0.2) is 36.4 Å². The molecule has 1 saturated carbocycles. The molecule has 4 nitrogen and oxygen atoms in total. The molecule has 0 heterocycles. The van der Waals surface area contributed by atoms with Crippen molar-refractivity contribution in [2.45, 2.75) is 45.6 Å². The van der Waals surface area contributed by atoms with Crippen molar-refractivity contribution in [3.8, 4) is 5.75 Å². The van der Waals surface area contributed by atoms with Crippen LogP contribution >= 0.6 is 0 Å². The Morgan fingerprint density at radius 2 is 1.88 bits per heavy atom. The summed E-state index contributed by atoms with van der Waals surface area (Å²) in [7, 11) is 0. The minimum Gasteiger partial charge on any atom is -0.493 e. The van der Waals surface area contributed by atoms with Gasteiger partial charge >= 0.3 is 0 Å². The van der Waals surface area contributed by atoms with E-state index in [0.29, 0.717) is 19.1 Å². The Labute approximate surface area is 149 Å². The van der Waals surface area contributed by atoms with Crippen molar-refractivity contribution in [3.63, 3.8) is 0 Å². The van der Waals surface area contributed by atoms with Gasteiger partial charge in [0.15, 0.2) is 0 Å². The molecular formula is C21H27NO3. The maximum Gasteiger partial charge on any atom is 0.256 e. The van der Waals surface area contributed by atoms with Crippen LogP contribution in [0.25, 0.3) is 10.8 Å². The third-order valence-electron chi connectivity index (χ3n) is 4.85. The van der Waals surface area contributed by atoms with Gasteiger partial charge < -0.3 is 14.8 Å². The van der Waals surface area contributed by atoms with E-state index in [1.165, 1.54) is 0 Å². The minimum absolute atomic E-state index is 0.0576. The van der Waals surface area contributed by atoms with Gasteiger partial charge in [-0.15, -0.1) is 0 Å². The number of hydrogen-bond donors (Lipinski definition) is 1. The molecule has 4 heteroatoms. The van der Waals surface area contributed by atoms with Gasteiger partial charge in [0, 0.05) is 23.1 Å². The number of ether oxygens (including phenoxy) is 2. The Bertz CT molecular complexity index is 754. The SMILES string of the molecule is CCCO[C@@](C)(C(=O)Nc1ccc(OCC)c2ccccc12)C1CC1. The number of amides is 1. The Morgan fingerprint density at radius 1 is 1.16 bits per heavy atom. The zero-order chi connectivity index (χ0) is 17.9. The van der Waals surface area contributed by atoms with Gasteiger partial charge in [-0.05, 0) is 51.2 Å². The van der Waals surface area contributed by atoms with Crippen molar-refractivity contribution in [1.82, 2.24) is 0 Å². The van der Waals surface area contributed by atoms with Crippen molar-refractivity contribution in [2.75, 3.05) is 18.5 Å². The van der Waals surface area contributed by atoms with Crippen molar-refractivity contribution in [1.29, 1.82) is 0 Å². The fourth-order valence-corrected chi connectivity index (χ4v) is 3.23. The summed E-state index contributed by atoms with van der Waals surface area (Å²) < 4.78 is 11.7. The summed E-state index contributed by atoms with van der Waals surface area (Å²) in [5.74, 6) is 1.09. The Balaban J connectivity index is 1.89. The normalized spacial score (nSPS) is 16.4. The quantitative estimate of drug-likeness (QED) is 0.752. The Kier molecular flexibility index (Phi) is 5.28. The first kappa shape index (κ1) is 17.7. The second-order valence-electron chi connectivity index (χ2n) is 6.77. The third kappa shape index (κ3) is 3.64. The molecule has 0 bridgehead atoms. The molecule has 0 unspecified atom stereocenters. The maximum absolute atomic E-state index is 13.0. The lowest BCUT2D eigenvalue weighted by Gasteiger charge is -2.29. The fraction of sp³-hybridized carbons (Fsp3) is 0.476. The van der Waals surface area contributed by atoms with Gasteiger partial charge in [-0.1, -0.05) is 31.2 Å². The number of anilines is 1. The van der Waals surface area contributed by atoms with Gasteiger partial charge in [0.2, 0.25) is 0 Å². The average molecular weight is 341 g/mol. The number of hydrogen-bond acceptors (Lipinski definition) is 3. The van der Waals surface area contributed by atoms with E-state index in [-0.39, 0.29) is 5.91 Å². The molecule has 1 N–H and O–H groups in total. The molecular weight excluding hydrogens is 314 g/mol. The lowest BCUT2D eigenvalue weighted by molar-refractivity contribution is -0.142. The van der Waals surface area contributed by atoms with E-state index < -0.39 is 5.60 Å². The van der Waals surface area contributed by atoms with E-state index >= 15 is 0 Å². The first-order chi connectivity index (χ1) is 12.1. The van der Waals surface area contributed by atoms with Gasteiger partial charge in [0.1, 0.15) is 11.4 Å². The van der Waals surface area contributed by atoms with Gasteiger partial charge in [0.25, 0.3) is 5.91 Å². The molecule has 0 radical (unpaired) electrons. The third-order valence-corrected chi connectivity index (χ3v) is 4.85. The highest BCUT2D eigenvalue weighted by Gasteiger charge is 2.48. The standard InChI is InChI=1S/C21H27NO3/c1-4-14-25-21(3,15-10-11-15)20(23)22-18-12-13-19(24-5-2)17-9-7-6-8-16(17)18/h6-9,12-13,15H,4-5,10-11,14H2,1-3H3,(H,22,23)/t21-/m1/s1. The van der Waals surface area contributed by atoms with Crippen molar-refractivity contribution < 1.29 is 14.3 Å². The number of benzene rings is 2. The van der Waals surface area contributed by atoms with Gasteiger partial charge in [-0.3, -0.25) is 4.79 Å². The largest absolute Gasteiger partial charge is 0.493 e. The number of carbonyl (C=O) groups is 1. The molecule has 1 atom stereocenters. The van der Waals surface area contributed by atoms with E-state index in [9.17, 15) is 4.79 Å². The van der Waals surface area contributed by atoms with Crippen molar-refractivity contribution >= 4 is 22.4 Å². The molecule has 3 rings (SSSR count). The fourth-order valence-electron chi connectivity index (χ4n) is 3.23. The van der Waals surface area contributed by atoms with E-state index in [2.05, 4.69) is 12.2 Å². The van der Waals surface area contributed by atoms with Crippen LogP contribution in [-0.2, 0) is 9.53 Å². The average Bonchev–Trinajstić information content (AvgIpc) is 3.47. The zero-order valence-electron chi connectivity index (χ0n) is 15.3. The molecule has 0 spiro atoms. The van der Waals surface area contributed by atoms with Crippen LogP contribution in [-0.4, -0.2) is 24.7 Å². The first-order valence-corrected chi connectivity index (χ1v) is 9.20. The summed E-state index contributed by atoms with van der Waals surface area (Å²) in [5, 5.41) is 5.09. The first-order valence-electron chi connectivity index (χ1n) is 9.20. The Morgan fingerprint density at radius 3 is 2.52 bits per heavy atom. The lowest BCUT2D eigenvalue weighted by atomic mass is 9.98. The summed E-state index contributed by atoms with van der Waals surface area (Å²) in [6, 6.07) is 11.8. The van der Waals surface area contributed by atoms with Crippen LogP contribution in [0.4, 0.5) is 5.69 Å². The molecule has 0 saturated heterocycles. The highest BCUT2D eigenvalue weighted by Crippen LogP contribution is 2.43. The van der Waals surface area contributed by atoms with Crippen LogP contribution in [0.1, 0.15) is 40.0 Å². The number of carbonyl (C=O) groups excluding carboxylic acids is 1. The van der Waals surface area contributed by atoms with E-state index in [1.54, 1.807) is 0 Å². The second kappa shape index (κ2) is 7.44. The maximum atomic E-state index is 13.0. The topological polar surface area (TPSA) is 47.6 Å². The van der Waals surface area contributed by atoms with Crippen molar-refractivity contribution in [2.24, 2.45) is 5.92 Å². The summed E-state index contributed by atoms with van der Waals surface area (Å²) in [4.78, 5) is 13.0. The summed E-state index contributed by atoms with van der Waals surface area (Å²) >= 11 is 0. The number of fused-ring (bicyclic) bond motifs is 1. The van der Waals surface area contributed by atoms with E-state index in [1.807, 2.05) is 50.2 Å². The summed E-state index contributed by atoms with van der Waals surface area (Å²) in [5.41, 5.74) is 0.0476. The Hall–Kier alpha value is -2.07. The predicted octanol–water partition coefficient (Wildman–Crippen LogP) is 4.77. The highest BCUT2D eigenvalue weighted by atomic mass is 16.5. The van der Waals surface area contributed by atoms with Crippen LogP contribution in [0, 0.1) is 5.92 Å². The molecule has 1 amide bonds. The van der Waals surface area contributed by atoms with Crippen LogP contribution in [0.5, 0.6) is 5.75 Å². The second-order valence-corrected chi connectivity index (χ2v) is 6.77. The summed E-state index contributed by atoms with van der Waals surface area (Å²) in [6.45, 7) is 7.17. The molecule has 25 heavy (non-hydrogen) atoms.